The van der Waals surface area contributed by atoms with Crippen LogP contribution in [0.4, 0.5) is 30.2 Å². The van der Waals surface area contributed by atoms with E-state index in [0.29, 0.717) is 96.5 Å². The average Bonchev–Trinajstić information content (AvgIpc) is 2.03. The number of nitrogens with one attached hydrogen (secondary N) is 6. The summed E-state index contributed by atoms with van der Waals surface area (Å²) in [6.45, 7) is 12.7. The number of halogens is 4. The van der Waals surface area contributed by atoms with Gasteiger partial charge in [0.2, 0.25) is 51.3 Å². The maximum Gasteiger partial charge on any atom is 1.00 e. The molecular weight excluding hydrogens is 2050 g/mol. The Morgan fingerprint density at radius 2 is 0.719 bits per heavy atom. The minimum atomic E-state index is -4.93. The Bertz CT molecular complexity index is 6030. The van der Waals surface area contributed by atoms with Crippen LogP contribution in [0.15, 0.2) is 87.1 Å². The van der Waals surface area contributed by atoms with Crippen LogP contribution in [0, 0.1) is 35.5 Å². The fourth-order valence-electron chi connectivity index (χ4n) is 18.1. The molecular formula is C88H124ClF3N25Na3O22S4-2. The molecule has 21 rings (SSSR count). The summed E-state index contributed by atoms with van der Waals surface area (Å²) < 4.78 is 165. The zero-order valence-electron chi connectivity index (χ0n) is 82.3. The minimum absolute atomic E-state index is 0. The van der Waals surface area contributed by atoms with Gasteiger partial charge in [-0.15, -0.1) is 33.6 Å². The summed E-state index contributed by atoms with van der Waals surface area (Å²) in [5.41, 5.74) is 37.8. The van der Waals surface area contributed by atoms with Gasteiger partial charge < -0.3 is 133 Å². The van der Waals surface area contributed by atoms with Gasteiger partial charge in [-0.3, -0.25) is 19.2 Å². The van der Waals surface area contributed by atoms with Gasteiger partial charge in [-0.2, -0.15) is 43.8 Å². The first-order valence-corrected chi connectivity index (χ1v) is 51.3. The molecule has 146 heavy (non-hydrogen) atoms. The van der Waals surface area contributed by atoms with Crippen molar-refractivity contribution in [3.05, 3.63) is 134 Å². The summed E-state index contributed by atoms with van der Waals surface area (Å²) >= 11 is 0. The van der Waals surface area contributed by atoms with E-state index in [2.05, 4.69) is 75.4 Å². The third-order valence-corrected chi connectivity index (χ3v) is 28.4. The molecule has 47 nitrogen and oxygen atoms in total. The summed E-state index contributed by atoms with van der Waals surface area (Å²) in [4.78, 5) is 63.8. The number of ether oxygens (including phenoxy) is 6. The fraction of sp³-hybridized carbons (Fsp3) is 0.523. The maximum atomic E-state index is 12.0. The number of sulfonamides is 1. The van der Waals surface area contributed by atoms with Crippen molar-refractivity contribution in [3.8, 4) is 35.3 Å². The molecule has 6 atom stereocenters. The van der Waals surface area contributed by atoms with Gasteiger partial charge in [-0.1, -0.05) is 40.5 Å². The molecule has 0 bridgehead atoms. The molecule has 6 unspecified atom stereocenters. The standard InChI is InChI=1S/2C13H14NO.C12H15N.C9H12ClN3O4S.C9H9F3N3O4S.C9H14N4O4S.C9H13N3O2.C7H10N3O3S.C7H11N3O.3H3N.3Na.2H2O/c2*15-8-14-13-11-5-1-3-9(11)7-10-4-2-6-12(10)13;13-12-10-5-1-3-8(10)7-9-4-2-6-11(9)12;1-6(14)11-2-7-4-13-9(17-5-7)8(3-12-13)18(10,15)16;10-9(11,12)8(16)13-1-5-3-15-7(19-4-5)6(2-14-15)20(17)18;1-6(14)11-2-7-4-13-9(17-5-7)8(3-12-13)18(10,15)16;1-7(13)10-4-8-5-12-9(14-6-8)2-3-11-12;8-1-5-3-10-7(13-4-5)6(2-9-10)14(11)12;8-3-6-4-10-7(11-5-6)1-2-9-10;;;;;;;;/h2*7H,1-6H2,(H,14,15);7H,1-6,13H2;3,7H,2,4-5H2,1H3,(H,11,14);2,5H,1,3-4H2,(H,13,16);3,7H,2,4-5H2,1H3,(H,11,14)(H2,10,15,16);2-3,8H,4-6H2,1H3,(H,10,13);2,5H,1,3-4,8H2;1-2,6H,3-5,8H2;3*1H3;;;;2*1H2/q2*-1;;;-1;;;-1;;;;;3*+1;;/p-1. The summed E-state index contributed by atoms with van der Waals surface area (Å²) in [5.74, 6) is 0.699. The van der Waals surface area contributed by atoms with E-state index in [1.165, 1.54) is 215 Å². The molecule has 12 aliphatic rings. The monoisotopic (exact) mass is 2170 g/mol. The molecule has 0 spiro atoms. The van der Waals surface area contributed by atoms with E-state index in [9.17, 15) is 75.6 Å². The molecule has 6 aliphatic carbocycles. The fourth-order valence-corrected chi connectivity index (χ4v) is 20.5. The molecule has 12 heterocycles. The van der Waals surface area contributed by atoms with Crippen LogP contribution in [0.1, 0.15) is 126 Å². The van der Waals surface area contributed by atoms with Crippen molar-refractivity contribution >= 4 is 105 Å². The molecule has 26 N–H and O–H groups in total. The van der Waals surface area contributed by atoms with E-state index in [1.54, 1.807) is 17.7 Å². The van der Waals surface area contributed by atoms with Gasteiger partial charge in [-0.05, 0) is 159 Å². The average molecular weight is 2170 g/mol. The number of benzene rings is 3. The number of carbonyl (C=O) groups is 4. The number of aryl methyl sites for hydroxylation is 6. The number of primary sulfonamides is 1. The van der Waals surface area contributed by atoms with E-state index >= 15 is 0 Å². The van der Waals surface area contributed by atoms with E-state index < -0.39 is 58.5 Å². The van der Waals surface area contributed by atoms with Crippen LogP contribution in [0.5, 0.6) is 35.3 Å². The van der Waals surface area contributed by atoms with Crippen molar-refractivity contribution in [1.29, 1.82) is 0 Å². The predicted octanol–water partition coefficient (Wildman–Crippen LogP) is -4.71. The van der Waals surface area contributed by atoms with Gasteiger partial charge in [-0.25, -0.2) is 50.1 Å². The van der Waals surface area contributed by atoms with E-state index in [0.717, 1.165) is 80.4 Å². The van der Waals surface area contributed by atoms with E-state index in [4.69, 9.17) is 61.4 Å². The number of rotatable bonds is 18. The van der Waals surface area contributed by atoms with Crippen LogP contribution in [0.3, 0.4) is 0 Å². The number of alkyl halides is 3. The van der Waals surface area contributed by atoms with Gasteiger partial charge in [0.15, 0.2) is 21.6 Å². The van der Waals surface area contributed by atoms with Crippen molar-refractivity contribution in [2.24, 2.45) is 52.1 Å². The van der Waals surface area contributed by atoms with Gasteiger partial charge in [0, 0.05) is 146 Å². The number of nitrogens with two attached hydrogens (primary N) is 4. The molecule has 790 valence electrons. The van der Waals surface area contributed by atoms with Crippen molar-refractivity contribution in [2.45, 2.75) is 201 Å². The molecule has 0 fully saturated rings. The smallest absolute Gasteiger partial charge is 0.870 e. The number of nitrogens with zero attached hydrogens (tertiary/aromatic N) is 12. The number of aromatic nitrogens is 12. The van der Waals surface area contributed by atoms with E-state index in [-0.39, 0.29) is 210 Å². The SMILES string of the molecule is CC(=O)NCC1COc2c(S(=O)(=O)Cl)cnn2C1.CC(=O)NCC1COc2c(S(N)(=O)=O)cnn2C1.CC(=O)NCC1COc2ccnn2C1.N.N.N.NCC1COc2c([S-](=O)=O)cnn2C1.NCC1COc2ccnn2C1.Nc1c2c(cc3c1CCC3)CCC2.O.O=C(NCC1COc2c([S-](=O)=O)cnn2C1)C(F)(F)F.O=[C-]Nc1c2c(cc3c1CCC3)CCC2.O=[C-]Nc1c2c(cc3c1CCC3)CCC2.[Na+].[Na+].[Na+].[OH-]. The van der Waals surface area contributed by atoms with Crippen LogP contribution < -0.4 is 190 Å². The van der Waals surface area contributed by atoms with Crippen molar-refractivity contribution in [1.82, 2.24) is 98.4 Å². The molecule has 6 amide bonds. The van der Waals surface area contributed by atoms with Gasteiger partial charge in [0.25, 0.3) is 9.05 Å². The minimum Gasteiger partial charge on any atom is -0.870 e. The molecule has 6 aliphatic heterocycles. The first-order chi connectivity index (χ1) is 66.1. The van der Waals surface area contributed by atoms with E-state index in [1.807, 2.05) is 34.3 Å². The van der Waals surface area contributed by atoms with Crippen molar-refractivity contribution in [3.63, 3.8) is 0 Å². The second kappa shape index (κ2) is 58.9. The number of anilines is 3. The van der Waals surface area contributed by atoms with Gasteiger partial charge in [0.05, 0.1) is 117 Å². The van der Waals surface area contributed by atoms with Crippen LogP contribution in [-0.4, -0.2) is 208 Å². The second-order valence-corrected chi connectivity index (χ2v) is 40.8. The number of carbonyl (C=O) groups excluding carboxylic acids is 6. The molecule has 3 aromatic carbocycles. The summed E-state index contributed by atoms with van der Waals surface area (Å²) in [6.07, 6.45) is 28.6. The zero-order valence-corrected chi connectivity index (χ0v) is 92.3. The largest absolute Gasteiger partial charge is 1.00 e. The topological polar surface area (TPSA) is 744 Å². The third-order valence-electron chi connectivity index (χ3n) is 24.9. The summed E-state index contributed by atoms with van der Waals surface area (Å²) in [5, 5.41) is 44.3. The van der Waals surface area contributed by atoms with Crippen molar-refractivity contribution in [2.75, 3.05) is 95.3 Å². The molecule has 0 saturated carbocycles. The molecule has 6 aromatic heterocycles. The summed E-state index contributed by atoms with van der Waals surface area (Å²) in [6, 6.07) is 10.9. The molecule has 0 radical (unpaired) electrons. The number of fused-ring (bicyclic) bond motifs is 12. The number of amides is 6. The number of hydrogen-bond donors (Lipinski definition) is 13. The summed E-state index contributed by atoms with van der Waals surface area (Å²) in [7, 11) is -7.20. The van der Waals surface area contributed by atoms with Gasteiger partial charge in [0.1, 0.15) is 0 Å². The van der Waals surface area contributed by atoms with Crippen LogP contribution >= 0.6 is 10.7 Å². The van der Waals surface area contributed by atoms with Crippen LogP contribution in [0.2, 0.25) is 0 Å². The predicted molar refractivity (Wildman–Crippen MR) is 514 cm³/mol. The Morgan fingerprint density at radius 3 is 1.05 bits per heavy atom. The first kappa shape index (κ1) is 127. The quantitative estimate of drug-likeness (QED) is 0.00959. The Labute approximate surface area is 916 Å². The Hall–Kier alpha value is -9.10. The Morgan fingerprint density at radius 1 is 0.438 bits per heavy atom. The number of nitrogen functional groups attached to an aromatic ring is 1. The third kappa shape index (κ3) is 33.4. The van der Waals surface area contributed by atoms with Crippen LogP contribution in [-0.2, 0) is 202 Å². The molecule has 9 aromatic rings. The van der Waals surface area contributed by atoms with Crippen LogP contribution in [0.25, 0.3) is 0 Å². The number of hydrogen-bond acceptors (Lipinski definition) is 35. The second-order valence-electron chi connectivity index (χ2n) is 34.9. The zero-order chi connectivity index (χ0) is 98.7. The van der Waals surface area contributed by atoms with Crippen molar-refractivity contribution < 1.29 is 204 Å². The van der Waals surface area contributed by atoms with Gasteiger partial charge >= 0.3 is 101 Å². The normalized spacial score (nSPS) is 18.0. The Balaban J connectivity index is 0.000000288. The first-order valence-electron chi connectivity index (χ1n) is 45.3. The Kier molecular flexibility index (Phi) is 51.4. The molecule has 0 saturated heterocycles. The molecule has 58 heteroatoms. The maximum absolute atomic E-state index is 12.0.